The van der Waals surface area contributed by atoms with E-state index >= 15 is 0 Å². The minimum atomic E-state index is -4.82. The predicted molar refractivity (Wildman–Crippen MR) is 76.0 cm³/mol. The fraction of sp³-hybridized carbons (Fsp3) is 0.0667. The van der Waals surface area contributed by atoms with Crippen molar-refractivity contribution in [2.24, 2.45) is 0 Å². The van der Waals surface area contributed by atoms with E-state index in [4.69, 9.17) is 0 Å². The van der Waals surface area contributed by atoms with Gasteiger partial charge in [-0.25, -0.2) is 9.18 Å². The van der Waals surface area contributed by atoms with Crippen molar-refractivity contribution in [3.63, 3.8) is 0 Å². The van der Waals surface area contributed by atoms with Crippen LogP contribution in [0.25, 0.3) is 0 Å². The van der Waals surface area contributed by atoms with E-state index in [2.05, 4.69) is 10.1 Å². The van der Waals surface area contributed by atoms with Crippen LogP contribution in [0.15, 0.2) is 48.5 Å². The van der Waals surface area contributed by atoms with Crippen molar-refractivity contribution in [1.29, 1.82) is 0 Å². The zero-order chi connectivity index (χ0) is 17.7. The van der Waals surface area contributed by atoms with Crippen LogP contribution in [0, 0.1) is 5.82 Å². The molecule has 3 amide bonds. The van der Waals surface area contributed by atoms with Gasteiger partial charge in [-0.1, -0.05) is 12.1 Å². The topological polar surface area (TPSA) is 67.4 Å². The second-order valence-corrected chi connectivity index (χ2v) is 4.46. The van der Waals surface area contributed by atoms with E-state index < -0.39 is 29.9 Å². The highest BCUT2D eigenvalue weighted by Crippen LogP contribution is 2.23. The molecule has 0 spiro atoms. The number of anilines is 1. The van der Waals surface area contributed by atoms with E-state index in [1.807, 2.05) is 5.32 Å². The molecule has 0 atom stereocenters. The van der Waals surface area contributed by atoms with Gasteiger partial charge in [-0.15, -0.1) is 13.2 Å². The van der Waals surface area contributed by atoms with Gasteiger partial charge in [0.05, 0.1) is 5.56 Å². The van der Waals surface area contributed by atoms with Gasteiger partial charge in [0.1, 0.15) is 11.6 Å². The molecular weight excluding hydrogens is 332 g/mol. The maximum atomic E-state index is 13.4. The Morgan fingerprint density at radius 1 is 0.958 bits per heavy atom. The summed E-state index contributed by atoms with van der Waals surface area (Å²) in [6.07, 6.45) is -4.82. The molecule has 2 N–H and O–H groups in total. The average Bonchev–Trinajstić information content (AvgIpc) is 2.48. The summed E-state index contributed by atoms with van der Waals surface area (Å²) in [7, 11) is 0. The molecular formula is C15H10F4N2O3. The molecule has 9 heteroatoms. The van der Waals surface area contributed by atoms with Crippen molar-refractivity contribution in [3.8, 4) is 5.75 Å². The highest BCUT2D eigenvalue weighted by atomic mass is 19.4. The second-order valence-electron chi connectivity index (χ2n) is 4.46. The molecule has 0 heterocycles. The lowest BCUT2D eigenvalue weighted by Gasteiger charge is -2.10. The van der Waals surface area contributed by atoms with E-state index in [1.165, 1.54) is 18.2 Å². The molecule has 0 radical (unpaired) electrons. The first-order chi connectivity index (χ1) is 11.2. The standard InChI is InChI=1S/C15H10F4N2O3/c16-12-4-2-1-3-11(12)13(22)21-14(23)20-9-5-7-10(8-6-9)24-15(17,18)19/h1-8H,(H2,20,21,22,23). The maximum absolute atomic E-state index is 13.4. The van der Waals surface area contributed by atoms with Crippen LogP contribution in [0.3, 0.4) is 0 Å². The third-order valence-electron chi connectivity index (χ3n) is 2.69. The molecule has 0 bridgehead atoms. The van der Waals surface area contributed by atoms with Crippen molar-refractivity contribution in [3.05, 3.63) is 59.9 Å². The molecule has 0 aliphatic heterocycles. The lowest BCUT2D eigenvalue weighted by atomic mass is 10.2. The predicted octanol–water partition coefficient (Wildman–Crippen LogP) is 3.69. The number of carbonyl (C=O) groups is 2. The van der Waals surface area contributed by atoms with Crippen LogP contribution in [0.2, 0.25) is 0 Å². The summed E-state index contributed by atoms with van der Waals surface area (Å²) in [5.41, 5.74) is -0.204. The number of benzene rings is 2. The Kier molecular flexibility index (Phi) is 5.02. The number of hydrogen-bond acceptors (Lipinski definition) is 3. The summed E-state index contributed by atoms with van der Waals surface area (Å²) in [6.45, 7) is 0. The van der Waals surface area contributed by atoms with Crippen molar-refractivity contribution in [2.75, 3.05) is 5.32 Å². The second kappa shape index (κ2) is 6.99. The van der Waals surface area contributed by atoms with Gasteiger partial charge in [0.15, 0.2) is 0 Å². The van der Waals surface area contributed by atoms with Crippen molar-refractivity contribution < 1.29 is 31.9 Å². The van der Waals surface area contributed by atoms with Crippen LogP contribution < -0.4 is 15.4 Å². The van der Waals surface area contributed by atoms with E-state index in [0.29, 0.717) is 0 Å². The van der Waals surface area contributed by atoms with Gasteiger partial charge in [0.25, 0.3) is 5.91 Å². The molecule has 0 fully saturated rings. The van der Waals surface area contributed by atoms with Crippen LogP contribution in [0.4, 0.5) is 28.0 Å². The highest BCUT2D eigenvalue weighted by Gasteiger charge is 2.30. The molecule has 0 aromatic heterocycles. The third kappa shape index (κ3) is 4.97. The molecule has 2 aromatic carbocycles. The average molecular weight is 342 g/mol. The molecule has 0 unspecified atom stereocenters. The Bertz CT molecular complexity index is 745. The SMILES string of the molecule is O=C(NC(=O)c1ccccc1F)Nc1ccc(OC(F)(F)F)cc1. The zero-order valence-electron chi connectivity index (χ0n) is 11.9. The number of nitrogens with one attached hydrogen (secondary N) is 2. The number of amides is 3. The van der Waals surface area contributed by atoms with Crippen molar-refractivity contribution in [1.82, 2.24) is 5.32 Å². The molecule has 2 rings (SSSR count). The van der Waals surface area contributed by atoms with Crippen molar-refractivity contribution in [2.45, 2.75) is 6.36 Å². The first kappa shape index (κ1) is 17.3. The van der Waals surface area contributed by atoms with Gasteiger partial charge < -0.3 is 10.1 Å². The van der Waals surface area contributed by atoms with Gasteiger partial charge in [-0.3, -0.25) is 10.1 Å². The summed E-state index contributed by atoms with van der Waals surface area (Å²) in [5.74, 6) is -2.21. The number of halogens is 4. The molecule has 0 aliphatic carbocycles. The number of carbonyl (C=O) groups excluding carboxylic acids is 2. The fourth-order valence-electron chi connectivity index (χ4n) is 1.72. The number of ether oxygens (including phenoxy) is 1. The number of hydrogen-bond donors (Lipinski definition) is 2. The smallest absolute Gasteiger partial charge is 0.406 e. The lowest BCUT2D eigenvalue weighted by Crippen LogP contribution is -2.34. The van der Waals surface area contributed by atoms with Crippen LogP contribution >= 0.6 is 0 Å². The Labute approximate surface area is 133 Å². The largest absolute Gasteiger partial charge is 0.573 e. The van der Waals surface area contributed by atoms with Gasteiger partial charge in [0, 0.05) is 5.69 Å². The Hall–Kier alpha value is -3.10. The van der Waals surface area contributed by atoms with Gasteiger partial charge in [0.2, 0.25) is 0 Å². The van der Waals surface area contributed by atoms with E-state index in [0.717, 1.165) is 30.3 Å². The third-order valence-corrected chi connectivity index (χ3v) is 2.69. The normalized spacial score (nSPS) is 10.8. The van der Waals surface area contributed by atoms with Crippen molar-refractivity contribution >= 4 is 17.6 Å². The molecule has 2 aromatic rings. The molecule has 0 saturated heterocycles. The monoisotopic (exact) mass is 342 g/mol. The minimum Gasteiger partial charge on any atom is -0.406 e. The van der Waals surface area contributed by atoms with Crippen LogP contribution in [-0.4, -0.2) is 18.3 Å². The first-order valence-electron chi connectivity index (χ1n) is 6.47. The first-order valence-corrected chi connectivity index (χ1v) is 6.47. The van der Waals surface area contributed by atoms with E-state index in [1.54, 1.807) is 0 Å². The summed E-state index contributed by atoms with van der Waals surface area (Å²) in [4.78, 5) is 23.4. The quantitative estimate of drug-likeness (QED) is 0.836. The number of alkyl halides is 3. The van der Waals surface area contributed by atoms with E-state index in [9.17, 15) is 27.2 Å². The Morgan fingerprint density at radius 3 is 2.17 bits per heavy atom. The van der Waals surface area contributed by atoms with Crippen LogP contribution in [0.5, 0.6) is 5.75 Å². The molecule has 24 heavy (non-hydrogen) atoms. The van der Waals surface area contributed by atoms with Gasteiger partial charge >= 0.3 is 12.4 Å². The van der Waals surface area contributed by atoms with Gasteiger partial charge in [-0.05, 0) is 36.4 Å². The summed E-state index contributed by atoms with van der Waals surface area (Å²) in [5, 5.41) is 4.12. The summed E-state index contributed by atoms with van der Waals surface area (Å²) < 4.78 is 53.1. The van der Waals surface area contributed by atoms with Crippen LogP contribution in [-0.2, 0) is 0 Å². The van der Waals surface area contributed by atoms with Gasteiger partial charge in [-0.2, -0.15) is 0 Å². The molecule has 0 saturated carbocycles. The summed E-state index contributed by atoms with van der Waals surface area (Å²) >= 11 is 0. The minimum absolute atomic E-state index is 0.114. The highest BCUT2D eigenvalue weighted by molar-refractivity contribution is 6.08. The van der Waals surface area contributed by atoms with E-state index in [-0.39, 0.29) is 11.3 Å². The fourth-order valence-corrected chi connectivity index (χ4v) is 1.72. The molecule has 126 valence electrons. The summed E-state index contributed by atoms with van der Waals surface area (Å²) in [6, 6.07) is 8.37. The number of rotatable bonds is 3. The molecule has 0 aliphatic rings. The lowest BCUT2D eigenvalue weighted by molar-refractivity contribution is -0.274. The molecule has 5 nitrogen and oxygen atoms in total. The Morgan fingerprint density at radius 2 is 1.58 bits per heavy atom. The maximum Gasteiger partial charge on any atom is 0.573 e. The Balaban J connectivity index is 1.95. The van der Waals surface area contributed by atoms with Crippen LogP contribution in [0.1, 0.15) is 10.4 Å². The zero-order valence-corrected chi connectivity index (χ0v) is 11.9. The number of imide groups is 1. The number of urea groups is 1.